The number of carbonyl (C=O) groups excluding carboxylic acids is 2. The monoisotopic (exact) mass is 1020 g/mol. The molecule has 0 unspecified atom stereocenters. The fraction of sp³-hybridized carbons (Fsp3) is 0.789. The highest BCUT2D eigenvalue weighted by Gasteiger charge is 2.53. The summed E-state index contributed by atoms with van der Waals surface area (Å²) in [5.41, 5.74) is -4.57. The molecule has 0 spiro atoms. The van der Waals surface area contributed by atoms with Crippen molar-refractivity contribution in [2.75, 3.05) is 27.7 Å². The van der Waals surface area contributed by atoms with Gasteiger partial charge in [0.15, 0.2) is 12.6 Å². The summed E-state index contributed by atoms with van der Waals surface area (Å²) in [6, 6.07) is -1.25. The minimum absolute atomic E-state index is 0.0913. The van der Waals surface area contributed by atoms with Crippen molar-refractivity contribution in [3.63, 3.8) is 0 Å². The van der Waals surface area contributed by atoms with Crippen LogP contribution in [0.1, 0.15) is 153 Å². The van der Waals surface area contributed by atoms with Crippen LogP contribution in [0.15, 0.2) is 60.8 Å². The average molecular weight is 1020 g/mol. The first-order chi connectivity index (χ1) is 33.9. The van der Waals surface area contributed by atoms with Gasteiger partial charge in [0.1, 0.15) is 30.0 Å². The van der Waals surface area contributed by atoms with Crippen LogP contribution in [0.3, 0.4) is 0 Å². The van der Waals surface area contributed by atoms with Crippen LogP contribution >= 0.6 is 0 Å². The minimum Gasteiger partial charge on any atom is -0.459 e. The summed E-state index contributed by atoms with van der Waals surface area (Å²) in [6.07, 6.45) is 18.2. The van der Waals surface area contributed by atoms with Crippen LogP contribution in [0.5, 0.6) is 0 Å². The Labute approximate surface area is 433 Å². The van der Waals surface area contributed by atoms with Crippen LogP contribution in [-0.4, -0.2) is 165 Å². The number of aliphatic hydroxyl groups excluding tert-OH is 3. The second-order valence-electron chi connectivity index (χ2n) is 21.8. The Bertz CT molecular complexity index is 1770. The molecule has 414 valence electrons. The predicted octanol–water partition coefficient (Wildman–Crippen LogP) is 7.72. The molecule has 3 rings (SSSR count). The highest BCUT2D eigenvalue weighted by Crippen LogP contribution is 2.40. The van der Waals surface area contributed by atoms with E-state index in [0.717, 1.165) is 38.5 Å². The van der Waals surface area contributed by atoms with Crippen LogP contribution in [0.2, 0.25) is 0 Å². The topological polar surface area (TPSA) is 197 Å². The summed E-state index contributed by atoms with van der Waals surface area (Å²) < 4.78 is 38.1. The molecule has 0 bridgehead atoms. The molecule has 15 heteroatoms. The summed E-state index contributed by atoms with van der Waals surface area (Å²) in [4.78, 5) is 31.6. The van der Waals surface area contributed by atoms with Gasteiger partial charge in [0, 0.05) is 45.5 Å². The number of unbranched alkanes of at least 4 members (excludes halogenated alkanes) is 1. The zero-order chi connectivity index (χ0) is 54.0. The number of carbonyl (C=O) groups is 2. The molecule has 0 aromatic carbocycles. The van der Waals surface area contributed by atoms with Crippen molar-refractivity contribution >= 4 is 11.9 Å². The van der Waals surface area contributed by atoms with E-state index in [1.807, 2.05) is 25.8 Å². The van der Waals surface area contributed by atoms with Gasteiger partial charge in [-0.15, -0.1) is 0 Å². The molecular formula is C57H98N2O13. The lowest BCUT2D eigenvalue weighted by molar-refractivity contribution is -0.317. The lowest BCUT2D eigenvalue weighted by atomic mass is 9.77. The van der Waals surface area contributed by atoms with Gasteiger partial charge in [0.25, 0.3) is 0 Å². The lowest BCUT2D eigenvalue weighted by Gasteiger charge is -2.49. The average Bonchev–Trinajstić information content (AvgIpc) is 3.33. The quantitative estimate of drug-likeness (QED) is 0.0452. The maximum absolute atomic E-state index is 14.5. The van der Waals surface area contributed by atoms with E-state index in [0.29, 0.717) is 19.4 Å². The smallest absolute Gasteiger partial charge is 0.311 e. The molecule has 72 heavy (non-hydrogen) atoms. The summed E-state index contributed by atoms with van der Waals surface area (Å²) in [5.74, 6) is -2.97. The molecule has 0 radical (unpaired) electrons. The van der Waals surface area contributed by atoms with Crippen molar-refractivity contribution in [2.45, 2.75) is 244 Å². The number of aliphatic hydroxyl groups is 5. The fourth-order valence-corrected chi connectivity index (χ4v) is 10.7. The maximum Gasteiger partial charge on any atom is 0.311 e. The second-order valence-corrected chi connectivity index (χ2v) is 21.8. The van der Waals surface area contributed by atoms with E-state index in [9.17, 15) is 35.1 Å². The number of nitrogens with zero attached hydrogens (tertiary/aromatic N) is 2. The van der Waals surface area contributed by atoms with Crippen molar-refractivity contribution in [3.05, 3.63) is 60.8 Å². The molecule has 3 fully saturated rings. The zero-order valence-corrected chi connectivity index (χ0v) is 46.5. The van der Waals surface area contributed by atoms with Gasteiger partial charge in [-0.3, -0.25) is 9.59 Å². The SMILES string of the molecule is CC/C=C\C/C=C\C/C=C\C/C=C\C/C=C\CCCC(=O)N(C)[C@H]1C[C@@H](C)O[C@@H](O[C@@H]2[C@@H](C)[C@H](O[C@H]3C[C@@](C)(OC)[C@@H](O)[C@H](C)O3)[C@@H](C)C(=O)O[C@H](CC)[C@@](C)(O)[C@H](O)[C@@H](C)N(C)C[C@H](C)C[C@@]2(C)O)[C@@H]1O. The van der Waals surface area contributed by atoms with Crippen LogP contribution in [0, 0.1) is 17.8 Å². The van der Waals surface area contributed by atoms with Gasteiger partial charge >= 0.3 is 5.97 Å². The standard InChI is InChI=1S/C57H98N2O13/c1-15-17-18-19-20-21-22-23-24-25-26-27-28-29-30-31-32-33-46(60)59(13)44-34-39(4)68-54(48(44)61)72-52-40(5)49(71-47-36-56(10,67-14)51(63)43(8)69-47)41(6)53(64)70-45(16-2)57(11,66)50(62)42(7)58(12)37-38(3)35-55(52,9)65/h17-18,20-21,23-24,26-27,29-30,38-45,47-52,54,61-63,65-66H,15-16,19,22,25,28,31-37H2,1-14H3/b18-17-,21-20-,24-23-,27-26-,30-29-/t38-,39-,40+,41-,42-,43+,44+,45-,47+,48-,49+,50-,51+,52-,54+,55-,56-,57-/m1/s1. The molecule has 0 aromatic rings. The lowest BCUT2D eigenvalue weighted by Crippen LogP contribution is -2.61. The first kappa shape index (κ1) is 63.5. The molecule has 0 saturated carbocycles. The number of methoxy groups -OCH3 is 1. The summed E-state index contributed by atoms with van der Waals surface area (Å²) in [5, 5.41) is 59.5. The third-order valence-corrected chi connectivity index (χ3v) is 15.4. The zero-order valence-electron chi connectivity index (χ0n) is 46.5. The van der Waals surface area contributed by atoms with Gasteiger partial charge in [-0.25, -0.2) is 0 Å². The summed E-state index contributed by atoms with van der Waals surface area (Å²) >= 11 is 0. The van der Waals surface area contributed by atoms with Gasteiger partial charge in [-0.2, -0.15) is 0 Å². The molecule has 5 N–H and O–H groups in total. The number of hydrogen-bond donors (Lipinski definition) is 5. The van der Waals surface area contributed by atoms with Gasteiger partial charge in [-0.1, -0.05) is 88.5 Å². The van der Waals surface area contributed by atoms with Crippen molar-refractivity contribution in [3.8, 4) is 0 Å². The van der Waals surface area contributed by atoms with E-state index < -0.39 is 108 Å². The number of hydrogen-bond acceptors (Lipinski definition) is 14. The van der Waals surface area contributed by atoms with Crippen LogP contribution in [0.4, 0.5) is 0 Å². The molecule has 0 aliphatic carbocycles. The van der Waals surface area contributed by atoms with Crippen molar-refractivity contribution < 1.29 is 63.5 Å². The number of cyclic esters (lactones) is 1. The van der Waals surface area contributed by atoms with Crippen LogP contribution < -0.4 is 0 Å². The Balaban J connectivity index is 1.87. The number of esters is 1. The van der Waals surface area contributed by atoms with Gasteiger partial charge in [0.05, 0.1) is 47.6 Å². The number of rotatable bonds is 20. The van der Waals surface area contributed by atoms with E-state index in [1.54, 1.807) is 60.4 Å². The molecule has 1 amide bonds. The Kier molecular flexibility index (Phi) is 26.5. The molecule has 18 atom stereocenters. The number of allylic oxidation sites excluding steroid dienone is 10. The largest absolute Gasteiger partial charge is 0.459 e. The third kappa shape index (κ3) is 18.2. The Hall–Kier alpha value is -2.80. The highest BCUT2D eigenvalue weighted by atomic mass is 16.7. The van der Waals surface area contributed by atoms with Gasteiger partial charge < -0.3 is 63.8 Å². The van der Waals surface area contributed by atoms with Crippen molar-refractivity contribution in [1.29, 1.82) is 0 Å². The van der Waals surface area contributed by atoms with Crippen molar-refractivity contribution in [2.24, 2.45) is 17.8 Å². The number of amides is 1. The normalized spacial score (nSPS) is 39.5. The Morgan fingerprint density at radius 3 is 1.94 bits per heavy atom. The molecule has 15 nitrogen and oxygen atoms in total. The Morgan fingerprint density at radius 2 is 1.39 bits per heavy atom. The van der Waals surface area contributed by atoms with Crippen LogP contribution in [0.25, 0.3) is 0 Å². The first-order valence-corrected chi connectivity index (χ1v) is 26.9. The summed E-state index contributed by atoms with van der Waals surface area (Å²) in [6.45, 7) is 19.9. The van der Waals surface area contributed by atoms with E-state index in [4.69, 9.17) is 28.4 Å². The first-order valence-electron chi connectivity index (χ1n) is 26.9. The summed E-state index contributed by atoms with van der Waals surface area (Å²) in [7, 11) is 5.02. The van der Waals surface area contributed by atoms with E-state index in [1.165, 1.54) is 14.0 Å². The van der Waals surface area contributed by atoms with E-state index >= 15 is 0 Å². The van der Waals surface area contributed by atoms with Crippen molar-refractivity contribution in [1.82, 2.24) is 9.80 Å². The second kappa shape index (κ2) is 30.1. The van der Waals surface area contributed by atoms with Gasteiger partial charge in [0.2, 0.25) is 5.91 Å². The predicted molar refractivity (Wildman–Crippen MR) is 282 cm³/mol. The third-order valence-electron chi connectivity index (χ3n) is 15.4. The number of likely N-dealkylation sites (N-methyl/N-ethyl adjacent to an activating group) is 2. The fourth-order valence-electron chi connectivity index (χ4n) is 10.7. The molecule has 3 heterocycles. The molecule has 3 aliphatic rings. The highest BCUT2D eigenvalue weighted by molar-refractivity contribution is 5.76. The number of ether oxygens (including phenoxy) is 6. The van der Waals surface area contributed by atoms with E-state index in [2.05, 4.69) is 67.7 Å². The maximum atomic E-state index is 14.5. The molecule has 3 saturated heterocycles. The Morgan fingerprint density at radius 1 is 0.819 bits per heavy atom. The van der Waals surface area contributed by atoms with E-state index in [-0.39, 0.29) is 37.5 Å². The molecule has 3 aliphatic heterocycles. The van der Waals surface area contributed by atoms with Gasteiger partial charge in [-0.05, 0) is 126 Å². The molecule has 0 aromatic heterocycles. The van der Waals surface area contributed by atoms with Crippen LogP contribution in [-0.2, 0) is 38.0 Å². The molecular weight excluding hydrogens is 921 g/mol. The minimum atomic E-state index is -1.84.